The molecule has 156 valence electrons. The van der Waals surface area contributed by atoms with E-state index < -0.39 is 0 Å². The Bertz CT molecular complexity index is 643. The fourth-order valence-corrected chi connectivity index (χ4v) is 4.73. The second kappa shape index (κ2) is 10.7. The van der Waals surface area contributed by atoms with Crippen LogP contribution in [-0.4, -0.2) is 63.3 Å². The average molecular weight is 428 g/mol. The Morgan fingerprint density at radius 3 is 2.54 bits per heavy atom. The molecule has 1 aliphatic heterocycles. The predicted octanol–water partition coefficient (Wildman–Crippen LogP) is 3.83. The highest BCUT2D eigenvalue weighted by molar-refractivity contribution is 6.43. The Balaban J connectivity index is 1.35. The molecule has 0 unspecified atom stereocenters. The number of carbonyl (C=O) groups excluding carboxylic acids is 1. The molecule has 2 aliphatic rings. The first kappa shape index (κ1) is 21.7. The molecule has 0 aromatic heterocycles. The largest absolute Gasteiger partial charge is 0.375 e. The summed E-state index contributed by atoms with van der Waals surface area (Å²) in [6.45, 7) is 5.40. The molecular formula is C21H31Cl2N3O2. The first-order valence-electron chi connectivity index (χ1n) is 10.3. The van der Waals surface area contributed by atoms with Crippen LogP contribution >= 0.6 is 23.2 Å². The summed E-state index contributed by atoms with van der Waals surface area (Å²) >= 11 is 12.5. The van der Waals surface area contributed by atoms with Crippen LogP contribution in [0.3, 0.4) is 0 Å². The number of benzene rings is 1. The summed E-state index contributed by atoms with van der Waals surface area (Å²) in [5, 5.41) is 4.35. The summed E-state index contributed by atoms with van der Waals surface area (Å²) in [6, 6.07) is 6.17. The normalized spacial score (nSPS) is 23.6. The van der Waals surface area contributed by atoms with Crippen LogP contribution in [0.4, 0.5) is 5.69 Å². The van der Waals surface area contributed by atoms with Gasteiger partial charge in [0.1, 0.15) is 6.61 Å². The number of nitrogens with zero attached hydrogens (tertiary/aromatic N) is 2. The Kier molecular flexibility index (Phi) is 8.27. The number of rotatable bonds is 7. The van der Waals surface area contributed by atoms with Crippen molar-refractivity contribution in [1.82, 2.24) is 10.2 Å². The van der Waals surface area contributed by atoms with Crippen molar-refractivity contribution in [2.45, 2.75) is 38.1 Å². The van der Waals surface area contributed by atoms with E-state index in [4.69, 9.17) is 27.9 Å². The van der Waals surface area contributed by atoms with Gasteiger partial charge in [-0.25, -0.2) is 0 Å². The zero-order chi connectivity index (χ0) is 19.9. The molecule has 0 atom stereocenters. The molecule has 28 heavy (non-hydrogen) atoms. The Morgan fingerprint density at radius 1 is 1.14 bits per heavy atom. The van der Waals surface area contributed by atoms with E-state index in [1.54, 1.807) is 7.11 Å². The van der Waals surface area contributed by atoms with Crippen molar-refractivity contribution >= 4 is 34.8 Å². The predicted molar refractivity (Wildman–Crippen MR) is 115 cm³/mol. The Hall–Kier alpha value is -1.01. The van der Waals surface area contributed by atoms with Gasteiger partial charge in [-0.3, -0.25) is 9.69 Å². The number of carbonyl (C=O) groups is 1. The summed E-state index contributed by atoms with van der Waals surface area (Å²) in [5.41, 5.74) is 1.04. The van der Waals surface area contributed by atoms with Crippen molar-refractivity contribution in [2.24, 2.45) is 5.92 Å². The quantitative estimate of drug-likeness (QED) is 0.717. The summed E-state index contributed by atoms with van der Waals surface area (Å²) in [6.07, 6.45) is 5.82. The lowest BCUT2D eigenvalue weighted by atomic mass is 9.84. The van der Waals surface area contributed by atoms with Crippen LogP contribution in [-0.2, 0) is 9.53 Å². The lowest BCUT2D eigenvalue weighted by Gasteiger charge is -2.37. The smallest absolute Gasteiger partial charge is 0.246 e. The summed E-state index contributed by atoms with van der Waals surface area (Å²) in [4.78, 5) is 16.5. The summed E-state index contributed by atoms with van der Waals surface area (Å²) in [5.74, 6) is 0.777. The number of hydrogen-bond donors (Lipinski definition) is 1. The van der Waals surface area contributed by atoms with E-state index >= 15 is 0 Å². The zero-order valence-corrected chi connectivity index (χ0v) is 18.1. The van der Waals surface area contributed by atoms with E-state index in [9.17, 15) is 4.79 Å². The maximum absolute atomic E-state index is 11.6. The molecule has 5 nitrogen and oxygen atoms in total. The third-order valence-corrected chi connectivity index (χ3v) is 6.79. The number of hydrogen-bond acceptors (Lipinski definition) is 4. The number of anilines is 1. The number of methoxy groups -OCH3 is 1. The van der Waals surface area contributed by atoms with Crippen molar-refractivity contribution in [3.63, 3.8) is 0 Å². The molecule has 3 rings (SSSR count). The molecule has 1 amide bonds. The minimum absolute atomic E-state index is 0.00336. The third kappa shape index (κ3) is 5.99. The van der Waals surface area contributed by atoms with Gasteiger partial charge in [0.15, 0.2) is 0 Å². The van der Waals surface area contributed by atoms with Crippen LogP contribution in [0.5, 0.6) is 0 Å². The first-order valence-corrected chi connectivity index (χ1v) is 11.0. The number of amides is 1. The zero-order valence-electron chi connectivity index (χ0n) is 16.6. The van der Waals surface area contributed by atoms with Crippen molar-refractivity contribution in [1.29, 1.82) is 0 Å². The molecular weight excluding hydrogens is 397 g/mol. The van der Waals surface area contributed by atoms with Crippen molar-refractivity contribution in [2.75, 3.05) is 51.3 Å². The van der Waals surface area contributed by atoms with Gasteiger partial charge in [0.25, 0.3) is 0 Å². The van der Waals surface area contributed by atoms with Crippen LogP contribution in [0.25, 0.3) is 0 Å². The monoisotopic (exact) mass is 427 g/mol. The van der Waals surface area contributed by atoms with E-state index in [-0.39, 0.29) is 12.5 Å². The van der Waals surface area contributed by atoms with E-state index in [2.05, 4.69) is 15.1 Å². The lowest BCUT2D eigenvalue weighted by molar-refractivity contribution is -0.125. The van der Waals surface area contributed by atoms with Crippen molar-refractivity contribution in [3.05, 3.63) is 28.2 Å². The Morgan fingerprint density at radius 2 is 1.86 bits per heavy atom. The minimum atomic E-state index is 0.00336. The third-order valence-electron chi connectivity index (χ3n) is 5.99. The molecule has 0 radical (unpaired) electrons. The van der Waals surface area contributed by atoms with Gasteiger partial charge in [0.2, 0.25) is 5.91 Å². The number of piperazine rings is 1. The first-order chi connectivity index (χ1) is 13.6. The van der Waals surface area contributed by atoms with Gasteiger partial charge >= 0.3 is 0 Å². The molecule has 1 heterocycles. The van der Waals surface area contributed by atoms with Crippen LogP contribution < -0.4 is 10.2 Å². The Labute approximate surface area is 178 Å². The van der Waals surface area contributed by atoms with Crippen LogP contribution in [0, 0.1) is 5.92 Å². The number of ether oxygens (including phenoxy) is 1. The lowest BCUT2D eigenvalue weighted by Crippen LogP contribution is -2.47. The molecule has 1 aliphatic carbocycles. The molecule has 1 saturated carbocycles. The van der Waals surface area contributed by atoms with Crippen molar-refractivity contribution in [3.8, 4) is 0 Å². The molecule has 1 saturated heterocycles. The van der Waals surface area contributed by atoms with Crippen LogP contribution in [0.2, 0.25) is 10.0 Å². The van der Waals surface area contributed by atoms with Gasteiger partial charge in [-0.15, -0.1) is 0 Å². The van der Waals surface area contributed by atoms with E-state index in [1.165, 1.54) is 19.3 Å². The highest BCUT2D eigenvalue weighted by Crippen LogP contribution is 2.33. The fourth-order valence-electron chi connectivity index (χ4n) is 4.31. The molecule has 1 aromatic rings. The summed E-state index contributed by atoms with van der Waals surface area (Å²) in [7, 11) is 1.56. The van der Waals surface area contributed by atoms with Crippen molar-refractivity contribution < 1.29 is 9.53 Å². The van der Waals surface area contributed by atoms with Gasteiger partial charge in [0.05, 0.1) is 15.7 Å². The maximum Gasteiger partial charge on any atom is 0.246 e. The van der Waals surface area contributed by atoms with Crippen LogP contribution in [0.1, 0.15) is 32.1 Å². The molecule has 1 aromatic carbocycles. The standard InChI is InChI=1S/C21H31Cl2N3O2/c1-28-15-20(27)24-17-7-5-16(6-8-17)9-10-25-11-13-26(14-12-25)19-4-2-3-18(22)21(19)23/h2-4,16-17H,5-15H2,1H3,(H,24,27). The van der Waals surface area contributed by atoms with E-state index in [0.717, 1.165) is 57.2 Å². The van der Waals surface area contributed by atoms with E-state index in [0.29, 0.717) is 16.1 Å². The maximum atomic E-state index is 11.6. The summed E-state index contributed by atoms with van der Waals surface area (Å²) < 4.78 is 4.89. The highest BCUT2D eigenvalue weighted by atomic mass is 35.5. The number of halogens is 2. The topological polar surface area (TPSA) is 44.8 Å². The minimum Gasteiger partial charge on any atom is -0.375 e. The molecule has 0 spiro atoms. The molecule has 7 heteroatoms. The molecule has 0 bridgehead atoms. The van der Waals surface area contributed by atoms with Gasteiger partial charge in [-0.2, -0.15) is 0 Å². The second-order valence-electron chi connectivity index (χ2n) is 7.91. The van der Waals surface area contributed by atoms with Gasteiger partial charge < -0.3 is 15.0 Å². The van der Waals surface area contributed by atoms with Crippen LogP contribution in [0.15, 0.2) is 18.2 Å². The van der Waals surface area contributed by atoms with E-state index in [1.807, 2.05) is 18.2 Å². The average Bonchev–Trinajstić information content (AvgIpc) is 2.70. The second-order valence-corrected chi connectivity index (χ2v) is 8.69. The fraction of sp³-hybridized carbons (Fsp3) is 0.667. The molecule has 2 fully saturated rings. The van der Waals surface area contributed by atoms with Gasteiger partial charge in [0, 0.05) is 39.3 Å². The number of nitrogens with one attached hydrogen (secondary N) is 1. The molecule has 1 N–H and O–H groups in total. The highest BCUT2D eigenvalue weighted by Gasteiger charge is 2.24. The van der Waals surface area contributed by atoms with Gasteiger partial charge in [-0.05, 0) is 56.7 Å². The SMILES string of the molecule is COCC(=O)NC1CCC(CCN2CCN(c3cccc(Cl)c3Cl)CC2)CC1. The van der Waals surface area contributed by atoms with Gasteiger partial charge in [-0.1, -0.05) is 29.3 Å².